The van der Waals surface area contributed by atoms with Crippen LogP contribution in [0.1, 0.15) is 25.3 Å². The van der Waals surface area contributed by atoms with Gasteiger partial charge in [-0.1, -0.05) is 19.4 Å². The Kier molecular flexibility index (Phi) is 5.79. The van der Waals surface area contributed by atoms with Crippen LogP contribution in [0.25, 0.3) is 0 Å². The average molecular weight is 366 g/mol. The second kappa shape index (κ2) is 7.89. The van der Waals surface area contributed by atoms with Crippen LogP contribution in [0.15, 0.2) is 18.2 Å². The fraction of sp³-hybridized carbons (Fsp3) is 0.611. The van der Waals surface area contributed by atoms with Crippen LogP contribution in [0.4, 0.5) is 5.69 Å². The third-order valence-electron chi connectivity index (χ3n) is 5.02. The smallest absolute Gasteiger partial charge is 0.265 e. The van der Waals surface area contributed by atoms with Gasteiger partial charge in [0.2, 0.25) is 0 Å². The number of amides is 1. The number of β-amino-alcohol motifs (C(OH)–C–C–N with tert-alkyl or cyclic N) is 1. The van der Waals surface area contributed by atoms with Crippen molar-refractivity contribution in [3.05, 3.63) is 23.8 Å². The van der Waals surface area contributed by atoms with Crippen LogP contribution < -0.4 is 10.1 Å². The van der Waals surface area contributed by atoms with Gasteiger partial charge < -0.3 is 30.5 Å². The van der Waals surface area contributed by atoms with Crippen molar-refractivity contribution in [2.24, 2.45) is 0 Å². The third kappa shape index (κ3) is 3.70. The van der Waals surface area contributed by atoms with E-state index in [4.69, 9.17) is 4.74 Å². The summed E-state index contributed by atoms with van der Waals surface area (Å²) in [7, 11) is 0. The van der Waals surface area contributed by atoms with Crippen LogP contribution in [-0.2, 0) is 11.3 Å². The first-order chi connectivity index (χ1) is 12.4. The summed E-state index contributed by atoms with van der Waals surface area (Å²) in [6.07, 6.45) is -2.60. The lowest BCUT2D eigenvalue weighted by Crippen LogP contribution is -2.62. The summed E-state index contributed by atoms with van der Waals surface area (Å²) in [6, 6.07) is 4.74. The molecule has 1 saturated heterocycles. The summed E-state index contributed by atoms with van der Waals surface area (Å²) in [5, 5.41) is 42.2. The number of benzene rings is 1. The molecule has 1 aromatic carbocycles. The Bertz CT molecular complexity index is 655. The van der Waals surface area contributed by atoms with Gasteiger partial charge in [0, 0.05) is 13.1 Å². The van der Waals surface area contributed by atoms with E-state index in [1.54, 1.807) is 17.0 Å². The molecule has 144 valence electrons. The van der Waals surface area contributed by atoms with Gasteiger partial charge in [0.05, 0.1) is 24.4 Å². The molecule has 0 radical (unpaired) electrons. The molecular formula is C18H26N2O6. The van der Waals surface area contributed by atoms with E-state index < -0.39 is 30.5 Å². The highest BCUT2D eigenvalue weighted by atomic mass is 16.5. The first-order valence-electron chi connectivity index (χ1n) is 8.94. The van der Waals surface area contributed by atoms with E-state index in [1.165, 1.54) is 0 Å². The topological polar surface area (TPSA) is 122 Å². The third-order valence-corrected chi connectivity index (χ3v) is 5.02. The summed E-state index contributed by atoms with van der Waals surface area (Å²) < 4.78 is 5.74. The predicted molar refractivity (Wildman–Crippen MR) is 93.7 cm³/mol. The normalized spacial score (nSPS) is 31.9. The molecule has 2 aliphatic heterocycles. The molecule has 0 aromatic heterocycles. The Morgan fingerprint density at radius 1 is 1.27 bits per heavy atom. The molecule has 8 nitrogen and oxygen atoms in total. The zero-order valence-electron chi connectivity index (χ0n) is 14.7. The highest BCUT2D eigenvalue weighted by Gasteiger charge is 2.41. The van der Waals surface area contributed by atoms with Crippen LogP contribution >= 0.6 is 0 Å². The fourth-order valence-electron chi connectivity index (χ4n) is 3.54. The van der Waals surface area contributed by atoms with Crippen molar-refractivity contribution in [1.29, 1.82) is 0 Å². The van der Waals surface area contributed by atoms with Crippen molar-refractivity contribution < 1.29 is 30.0 Å². The minimum Gasteiger partial charge on any atom is -0.478 e. The Morgan fingerprint density at radius 3 is 2.73 bits per heavy atom. The highest BCUT2D eigenvalue weighted by Crippen LogP contribution is 2.32. The number of piperidine rings is 1. The lowest BCUT2D eigenvalue weighted by Gasteiger charge is -2.43. The van der Waals surface area contributed by atoms with Crippen molar-refractivity contribution in [2.45, 2.75) is 56.8 Å². The van der Waals surface area contributed by atoms with Gasteiger partial charge in [0.25, 0.3) is 5.91 Å². The van der Waals surface area contributed by atoms with E-state index in [-0.39, 0.29) is 19.1 Å². The minimum atomic E-state index is -1.28. The van der Waals surface area contributed by atoms with Crippen LogP contribution in [0.5, 0.6) is 5.75 Å². The standard InChI is InChI=1S/C18H26N2O6/c1-2-3-15-18(25)19-11-6-10(4-5-14(11)26-15)7-20-8-13(22)17(24)16(23)12(20)9-21/h4-6,12-13,15-17,21-24H,2-3,7-9H2,1H3,(H,19,25)/t12-,13-,15?,16+,17+/m0/s1. The number of anilines is 1. The molecule has 2 aliphatic rings. The number of hydrogen-bond acceptors (Lipinski definition) is 7. The number of carbonyl (C=O) groups excluding carboxylic acids is 1. The molecule has 1 amide bonds. The zero-order valence-corrected chi connectivity index (χ0v) is 14.7. The highest BCUT2D eigenvalue weighted by molar-refractivity contribution is 5.97. The number of hydrogen-bond donors (Lipinski definition) is 5. The summed E-state index contributed by atoms with van der Waals surface area (Å²) in [4.78, 5) is 13.8. The van der Waals surface area contributed by atoms with Crippen molar-refractivity contribution in [3.63, 3.8) is 0 Å². The number of rotatable bonds is 5. The molecule has 1 unspecified atom stereocenters. The molecule has 0 aliphatic carbocycles. The molecule has 1 fully saturated rings. The van der Waals surface area contributed by atoms with Gasteiger partial charge in [-0.15, -0.1) is 0 Å². The maximum atomic E-state index is 12.1. The molecule has 0 bridgehead atoms. The number of carbonyl (C=O) groups is 1. The number of aliphatic hydroxyl groups is 4. The lowest BCUT2D eigenvalue weighted by atomic mass is 9.93. The van der Waals surface area contributed by atoms with Crippen LogP contribution in [0.3, 0.4) is 0 Å². The van der Waals surface area contributed by atoms with Crippen LogP contribution in [-0.4, -0.2) is 74.8 Å². The molecular weight excluding hydrogens is 340 g/mol. The van der Waals surface area contributed by atoms with E-state index in [9.17, 15) is 25.2 Å². The SMILES string of the molecule is CCCC1Oc2ccc(CN3C[C@H](O)[C@@H](O)[C@H](O)[C@@H]3CO)cc2NC1=O. The molecule has 5 N–H and O–H groups in total. The van der Waals surface area contributed by atoms with Gasteiger partial charge in [-0.3, -0.25) is 9.69 Å². The maximum absolute atomic E-state index is 12.1. The summed E-state index contributed by atoms with van der Waals surface area (Å²) in [5.74, 6) is 0.441. The zero-order chi connectivity index (χ0) is 18.8. The number of aliphatic hydroxyl groups excluding tert-OH is 4. The molecule has 26 heavy (non-hydrogen) atoms. The molecule has 3 rings (SSSR count). The fourth-order valence-corrected chi connectivity index (χ4v) is 3.54. The molecule has 0 spiro atoms. The lowest BCUT2D eigenvalue weighted by molar-refractivity contribution is -0.147. The van der Waals surface area contributed by atoms with E-state index in [1.807, 2.05) is 13.0 Å². The largest absolute Gasteiger partial charge is 0.478 e. The first-order valence-corrected chi connectivity index (χ1v) is 8.94. The molecule has 2 heterocycles. The van der Waals surface area contributed by atoms with Crippen molar-refractivity contribution >= 4 is 11.6 Å². The number of nitrogens with one attached hydrogen (secondary N) is 1. The molecule has 5 atom stereocenters. The van der Waals surface area contributed by atoms with Gasteiger partial charge in [-0.05, 0) is 24.1 Å². The van der Waals surface area contributed by atoms with Crippen molar-refractivity contribution in [3.8, 4) is 5.75 Å². The number of ether oxygens (including phenoxy) is 1. The van der Waals surface area contributed by atoms with E-state index in [0.717, 1.165) is 12.0 Å². The van der Waals surface area contributed by atoms with E-state index in [2.05, 4.69) is 5.32 Å². The molecule has 8 heteroatoms. The van der Waals surface area contributed by atoms with Crippen molar-refractivity contribution in [1.82, 2.24) is 4.90 Å². The monoisotopic (exact) mass is 366 g/mol. The van der Waals surface area contributed by atoms with Crippen LogP contribution in [0, 0.1) is 0 Å². The Morgan fingerprint density at radius 2 is 2.04 bits per heavy atom. The van der Waals surface area contributed by atoms with E-state index >= 15 is 0 Å². The molecule has 1 aromatic rings. The Labute approximate surface area is 152 Å². The minimum absolute atomic E-state index is 0.127. The number of nitrogens with zero attached hydrogens (tertiary/aromatic N) is 1. The Hall–Kier alpha value is -1.71. The van der Waals surface area contributed by atoms with E-state index in [0.29, 0.717) is 24.4 Å². The van der Waals surface area contributed by atoms with Crippen molar-refractivity contribution in [2.75, 3.05) is 18.5 Å². The number of likely N-dealkylation sites (tertiary alicyclic amines) is 1. The summed E-state index contributed by atoms with van der Waals surface area (Å²) >= 11 is 0. The summed E-state index contributed by atoms with van der Waals surface area (Å²) in [5.41, 5.74) is 1.41. The van der Waals surface area contributed by atoms with Gasteiger partial charge in [-0.25, -0.2) is 0 Å². The predicted octanol–water partition coefficient (Wildman–Crippen LogP) is -0.555. The summed E-state index contributed by atoms with van der Waals surface area (Å²) in [6.45, 7) is 2.12. The molecule has 0 saturated carbocycles. The quantitative estimate of drug-likeness (QED) is 0.474. The maximum Gasteiger partial charge on any atom is 0.265 e. The first kappa shape index (κ1) is 19.1. The average Bonchev–Trinajstić information content (AvgIpc) is 2.61. The van der Waals surface area contributed by atoms with Crippen LogP contribution in [0.2, 0.25) is 0 Å². The van der Waals surface area contributed by atoms with Gasteiger partial charge in [0.15, 0.2) is 6.10 Å². The van der Waals surface area contributed by atoms with Gasteiger partial charge >= 0.3 is 0 Å². The Balaban J connectivity index is 1.75. The second-order valence-corrected chi connectivity index (χ2v) is 6.94. The van der Waals surface area contributed by atoms with Gasteiger partial charge in [-0.2, -0.15) is 0 Å². The number of fused-ring (bicyclic) bond motifs is 1. The van der Waals surface area contributed by atoms with Gasteiger partial charge in [0.1, 0.15) is 18.0 Å². The second-order valence-electron chi connectivity index (χ2n) is 6.94.